The first-order valence-electron chi connectivity index (χ1n) is 9.49. The number of hydrogen-bond acceptors (Lipinski definition) is 4. The van der Waals surface area contributed by atoms with Crippen molar-refractivity contribution in [2.75, 3.05) is 11.9 Å². The molecular weight excluding hydrogens is 372 g/mol. The Bertz CT molecular complexity index is 773. The maximum absolute atomic E-state index is 12.3. The fourth-order valence-electron chi connectivity index (χ4n) is 2.24. The summed E-state index contributed by atoms with van der Waals surface area (Å²) in [6, 6.07) is 14.5. The summed E-state index contributed by atoms with van der Waals surface area (Å²) in [4.78, 5) is 12.3. The first-order chi connectivity index (χ1) is 13.4. The number of amides is 1. The molecule has 0 saturated carbocycles. The van der Waals surface area contributed by atoms with Crippen molar-refractivity contribution in [1.82, 2.24) is 5.32 Å². The van der Waals surface area contributed by atoms with Gasteiger partial charge in [-0.2, -0.15) is 0 Å². The lowest BCUT2D eigenvalue weighted by Crippen LogP contribution is -2.34. The van der Waals surface area contributed by atoms with E-state index in [1.807, 2.05) is 31.2 Å². The highest BCUT2D eigenvalue weighted by Gasteiger charge is 2.09. The lowest BCUT2D eigenvalue weighted by molar-refractivity contribution is 0.0977. The number of rotatable bonds is 8. The highest BCUT2D eigenvalue weighted by Crippen LogP contribution is 2.18. The molecule has 5 nitrogen and oxygen atoms in total. The van der Waals surface area contributed by atoms with Gasteiger partial charge in [0.2, 0.25) is 0 Å². The minimum Gasteiger partial charge on any atom is -0.493 e. The Labute approximate surface area is 172 Å². The molecule has 0 spiro atoms. The van der Waals surface area contributed by atoms with Gasteiger partial charge in [-0.3, -0.25) is 10.1 Å². The van der Waals surface area contributed by atoms with Gasteiger partial charge in [-0.25, -0.2) is 0 Å². The second-order valence-corrected chi connectivity index (χ2v) is 7.41. The third-order valence-corrected chi connectivity index (χ3v) is 4.16. The van der Waals surface area contributed by atoms with Gasteiger partial charge in [-0.1, -0.05) is 20.8 Å². The van der Waals surface area contributed by atoms with Gasteiger partial charge in [0, 0.05) is 11.3 Å². The predicted molar refractivity (Wildman–Crippen MR) is 117 cm³/mol. The van der Waals surface area contributed by atoms with Crippen LogP contribution in [0.25, 0.3) is 0 Å². The molecule has 28 heavy (non-hydrogen) atoms. The van der Waals surface area contributed by atoms with E-state index in [-0.39, 0.29) is 17.1 Å². The van der Waals surface area contributed by atoms with E-state index in [4.69, 9.17) is 21.7 Å². The van der Waals surface area contributed by atoms with Gasteiger partial charge in [-0.05, 0) is 80.0 Å². The number of carbonyl (C=O) groups excluding carboxylic acids is 1. The standard InChI is InChI=1S/C22H28N2O3S/c1-5-16(4)27-20-12-8-18(9-13-20)23-22(28)24-21(25)17-6-10-19(11-7-17)26-14-15(2)3/h6-13,15-16H,5,14H2,1-4H3,(H2,23,24,25,28). The molecule has 150 valence electrons. The summed E-state index contributed by atoms with van der Waals surface area (Å²) in [5.74, 6) is 1.71. The van der Waals surface area contributed by atoms with Gasteiger partial charge in [0.25, 0.3) is 5.91 Å². The number of thiocarbonyl (C=S) groups is 1. The van der Waals surface area contributed by atoms with Crippen LogP contribution < -0.4 is 20.1 Å². The Kier molecular flexibility index (Phi) is 8.26. The summed E-state index contributed by atoms with van der Waals surface area (Å²) < 4.78 is 11.4. The van der Waals surface area contributed by atoms with Crippen molar-refractivity contribution in [3.05, 3.63) is 54.1 Å². The Balaban J connectivity index is 1.85. The molecule has 6 heteroatoms. The van der Waals surface area contributed by atoms with E-state index in [1.165, 1.54) is 0 Å². The summed E-state index contributed by atoms with van der Waals surface area (Å²) in [6.07, 6.45) is 1.11. The Hall–Kier alpha value is -2.60. The van der Waals surface area contributed by atoms with Crippen molar-refractivity contribution in [2.45, 2.75) is 40.2 Å². The minimum atomic E-state index is -0.273. The van der Waals surface area contributed by atoms with Crippen LogP contribution in [0.1, 0.15) is 44.5 Å². The smallest absolute Gasteiger partial charge is 0.257 e. The molecule has 0 saturated heterocycles. The maximum Gasteiger partial charge on any atom is 0.257 e. The monoisotopic (exact) mass is 400 g/mol. The Morgan fingerprint density at radius 3 is 2.18 bits per heavy atom. The van der Waals surface area contributed by atoms with Crippen LogP contribution in [0.2, 0.25) is 0 Å². The molecular formula is C22H28N2O3S. The fourth-order valence-corrected chi connectivity index (χ4v) is 2.45. The zero-order valence-electron chi connectivity index (χ0n) is 16.8. The van der Waals surface area contributed by atoms with Gasteiger partial charge in [0.05, 0.1) is 12.7 Å². The molecule has 2 N–H and O–H groups in total. The normalized spacial score (nSPS) is 11.6. The average molecular weight is 401 g/mol. The van der Waals surface area contributed by atoms with Crippen LogP contribution in [0.5, 0.6) is 11.5 Å². The SMILES string of the molecule is CCC(C)Oc1ccc(NC(=S)NC(=O)c2ccc(OCC(C)C)cc2)cc1. The zero-order chi connectivity index (χ0) is 20.5. The van der Waals surface area contributed by atoms with E-state index in [1.54, 1.807) is 24.3 Å². The van der Waals surface area contributed by atoms with E-state index in [9.17, 15) is 4.79 Å². The minimum absolute atomic E-state index is 0.168. The molecule has 1 unspecified atom stereocenters. The van der Waals surface area contributed by atoms with E-state index >= 15 is 0 Å². The molecule has 0 aliphatic carbocycles. The largest absolute Gasteiger partial charge is 0.493 e. The molecule has 1 amide bonds. The first-order valence-corrected chi connectivity index (χ1v) is 9.90. The number of nitrogens with one attached hydrogen (secondary N) is 2. The van der Waals surface area contributed by atoms with Crippen LogP contribution in [-0.4, -0.2) is 23.7 Å². The van der Waals surface area contributed by atoms with Crippen LogP contribution in [0.3, 0.4) is 0 Å². The third kappa shape index (κ3) is 7.19. The second kappa shape index (κ2) is 10.7. The number of benzene rings is 2. The molecule has 2 aromatic rings. The Morgan fingerprint density at radius 1 is 1.00 bits per heavy atom. The predicted octanol–water partition coefficient (Wildman–Crippen LogP) is 5.03. The molecule has 0 aliphatic heterocycles. The molecule has 1 atom stereocenters. The van der Waals surface area contributed by atoms with Gasteiger partial charge in [0.1, 0.15) is 11.5 Å². The van der Waals surface area contributed by atoms with E-state index in [0.717, 1.165) is 23.6 Å². The maximum atomic E-state index is 12.3. The average Bonchev–Trinajstić information content (AvgIpc) is 2.68. The first kappa shape index (κ1) is 21.7. The van der Waals surface area contributed by atoms with Crippen LogP contribution in [0.15, 0.2) is 48.5 Å². The van der Waals surface area contributed by atoms with Gasteiger partial charge < -0.3 is 14.8 Å². The molecule has 0 radical (unpaired) electrons. The Morgan fingerprint density at radius 2 is 1.61 bits per heavy atom. The number of ether oxygens (including phenoxy) is 2. The molecule has 2 aromatic carbocycles. The second-order valence-electron chi connectivity index (χ2n) is 7.00. The molecule has 0 aliphatic rings. The summed E-state index contributed by atoms with van der Waals surface area (Å²) in [5.41, 5.74) is 1.29. The quantitative estimate of drug-likeness (QED) is 0.609. The molecule has 0 aromatic heterocycles. The van der Waals surface area contributed by atoms with Crippen molar-refractivity contribution in [3.8, 4) is 11.5 Å². The van der Waals surface area contributed by atoms with Crippen molar-refractivity contribution in [3.63, 3.8) is 0 Å². The van der Waals surface area contributed by atoms with E-state index in [0.29, 0.717) is 18.1 Å². The van der Waals surface area contributed by atoms with E-state index < -0.39 is 0 Å². The van der Waals surface area contributed by atoms with Crippen LogP contribution in [0, 0.1) is 5.92 Å². The molecule has 0 fully saturated rings. The lowest BCUT2D eigenvalue weighted by atomic mass is 10.2. The topological polar surface area (TPSA) is 59.6 Å². The third-order valence-electron chi connectivity index (χ3n) is 3.95. The van der Waals surface area contributed by atoms with Crippen LogP contribution in [0.4, 0.5) is 5.69 Å². The summed E-state index contributed by atoms with van der Waals surface area (Å²) in [7, 11) is 0. The van der Waals surface area contributed by atoms with Gasteiger partial charge in [-0.15, -0.1) is 0 Å². The van der Waals surface area contributed by atoms with Crippen molar-refractivity contribution >= 4 is 28.9 Å². The van der Waals surface area contributed by atoms with Crippen LogP contribution >= 0.6 is 12.2 Å². The lowest BCUT2D eigenvalue weighted by Gasteiger charge is -2.14. The van der Waals surface area contributed by atoms with Gasteiger partial charge in [0.15, 0.2) is 5.11 Å². The molecule has 0 bridgehead atoms. The van der Waals surface area contributed by atoms with Gasteiger partial charge >= 0.3 is 0 Å². The number of hydrogen-bond donors (Lipinski definition) is 2. The van der Waals surface area contributed by atoms with Crippen molar-refractivity contribution in [1.29, 1.82) is 0 Å². The fraction of sp³-hybridized carbons (Fsp3) is 0.364. The number of carbonyl (C=O) groups is 1. The zero-order valence-corrected chi connectivity index (χ0v) is 17.6. The summed E-state index contributed by atoms with van der Waals surface area (Å²) >= 11 is 5.23. The highest BCUT2D eigenvalue weighted by atomic mass is 32.1. The van der Waals surface area contributed by atoms with Crippen molar-refractivity contribution in [2.24, 2.45) is 5.92 Å². The highest BCUT2D eigenvalue weighted by molar-refractivity contribution is 7.80. The van der Waals surface area contributed by atoms with Crippen LogP contribution in [-0.2, 0) is 0 Å². The molecule has 2 rings (SSSR count). The van der Waals surface area contributed by atoms with E-state index in [2.05, 4.69) is 31.4 Å². The number of anilines is 1. The van der Waals surface area contributed by atoms with Crippen molar-refractivity contribution < 1.29 is 14.3 Å². The summed E-state index contributed by atoms with van der Waals surface area (Å²) in [5, 5.41) is 5.92. The summed E-state index contributed by atoms with van der Waals surface area (Å²) in [6.45, 7) is 8.92. The molecule has 0 heterocycles.